The summed E-state index contributed by atoms with van der Waals surface area (Å²) in [6.07, 6.45) is 0.423. The first kappa shape index (κ1) is 16.6. The third-order valence-electron chi connectivity index (χ3n) is 3.81. The zero-order valence-electron chi connectivity index (χ0n) is 12.2. The second kappa shape index (κ2) is 7.45. The molecule has 1 saturated heterocycles. The van der Waals surface area contributed by atoms with Crippen molar-refractivity contribution in [2.75, 3.05) is 26.8 Å². The van der Waals surface area contributed by atoms with Gasteiger partial charge in [0.15, 0.2) is 0 Å². The van der Waals surface area contributed by atoms with Gasteiger partial charge in [0.25, 0.3) is 0 Å². The minimum absolute atomic E-state index is 0.0662. The van der Waals surface area contributed by atoms with E-state index in [9.17, 15) is 4.79 Å². The van der Waals surface area contributed by atoms with Gasteiger partial charge >= 0.3 is 0 Å². The second-order valence-electron chi connectivity index (χ2n) is 5.28. The number of nitrogens with one attached hydrogen (secondary N) is 1. The summed E-state index contributed by atoms with van der Waals surface area (Å²) in [5.74, 6) is 0.0662. The summed E-state index contributed by atoms with van der Waals surface area (Å²) >= 11 is 12.1. The number of hydrogen-bond acceptors (Lipinski definition) is 3. The molecule has 116 valence electrons. The highest BCUT2D eigenvalue weighted by atomic mass is 35.5. The maximum absolute atomic E-state index is 12.4. The van der Waals surface area contributed by atoms with Crippen LogP contribution >= 0.6 is 23.2 Å². The van der Waals surface area contributed by atoms with Crippen molar-refractivity contribution in [3.05, 3.63) is 33.8 Å². The first-order valence-corrected chi connectivity index (χ1v) is 7.76. The molecule has 2 unspecified atom stereocenters. The lowest BCUT2D eigenvalue weighted by Gasteiger charge is -2.29. The lowest BCUT2D eigenvalue weighted by atomic mass is 10.1. The second-order valence-corrected chi connectivity index (χ2v) is 6.12. The van der Waals surface area contributed by atoms with Gasteiger partial charge in [0, 0.05) is 36.1 Å². The molecule has 1 aromatic carbocycles. The van der Waals surface area contributed by atoms with Crippen LogP contribution in [0.5, 0.6) is 0 Å². The number of hydrogen-bond donors (Lipinski definition) is 1. The molecule has 6 heteroatoms. The predicted octanol–water partition coefficient (Wildman–Crippen LogP) is 2.89. The van der Waals surface area contributed by atoms with E-state index in [2.05, 4.69) is 5.32 Å². The fourth-order valence-corrected chi connectivity index (χ4v) is 2.94. The lowest BCUT2D eigenvalue weighted by molar-refractivity contribution is -0.133. The number of ether oxygens (including phenoxy) is 1. The van der Waals surface area contributed by atoms with Crippen molar-refractivity contribution in [1.82, 2.24) is 10.2 Å². The number of carbonyl (C=O) groups excluding carboxylic acids is 1. The Bertz CT molecular complexity index is 504. The maximum Gasteiger partial charge on any atom is 0.224 e. The van der Waals surface area contributed by atoms with Crippen molar-refractivity contribution >= 4 is 29.1 Å². The molecule has 0 radical (unpaired) electrons. The van der Waals surface area contributed by atoms with E-state index in [1.54, 1.807) is 24.1 Å². The zero-order valence-corrected chi connectivity index (χ0v) is 13.7. The summed E-state index contributed by atoms with van der Waals surface area (Å²) in [5, 5.41) is 4.46. The van der Waals surface area contributed by atoms with Crippen LogP contribution in [-0.2, 0) is 9.53 Å². The van der Waals surface area contributed by atoms with E-state index in [4.69, 9.17) is 27.9 Å². The smallest absolute Gasteiger partial charge is 0.224 e. The first-order valence-electron chi connectivity index (χ1n) is 7.00. The fourth-order valence-electron chi connectivity index (χ4n) is 2.37. The summed E-state index contributed by atoms with van der Waals surface area (Å²) in [5.41, 5.74) is 0.893. The number of rotatable bonds is 4. The molecule has 0 saturated carbocycles. The van der Waals surface area contributed by atoms with E-state index in [0.717, 1.165) is 12.1 Å². The van der Waals surface area contributed by atoms with Gasteiger partial charge in [0.05, 0.1) is 19.3 Å². The van der Waals surface area contributed by atoms with Crippen molar-refractivity contribution in [3.63, 3.8) is 0 Å². The molecular weight excluding hydrogens is 311 g/mol. The minimum Gasteiger partial charge on any atom is -0.378 e. The molecule has 0 spiro atoms. The molecule has 0 aromatic heterocycles. The molecule has 1 aliphatic rings. The van der Waals surface area contributed by atoms with Gasteiger partial charge in [-0.05, 0) is 24.6 Å². The van der Waals surface area contributed by atoms with Gasteiger partial charge in [-0.15, -0.1) is 0 Å². The number of nitrogens with zero attached hydrogens (tertiary/aromatic N) is 1. The summed E-state index contributed by atoms with van der Waals surface area (Å²) in [6, 6.07) is 5.33. The summed E-state index contributed by atoms with van der Waals surface area (Å²) in [4.78, 5) is 14.1. The van der Waals surface area contributed by atoms with Crippen LogP contribution in [0.25, 0.3) is 0 Å². The molecule has 0 bridgehead atoms. The molecule has 4 nitrogen and oxygen atoms in total. The molecule has 1 aliphatic heterocycles. The monoisotopic (exact) mass is 330 g/mol. The van der Waals surface area contributed by atoms with E-state index < -0.39 is 0 Å². The van der Waals surface area contributed by atoms with Crippen LogP contribution in [0.15, 0.2) is 18.2 Å². The van der Waals surface area contributed by atoms with Gasteiger partial charge < -0.3 is 15.0 Å². The Morgan fingerprint density at radius 2 is 2.29 bits per heavy atom. The van der Waals surface area contributed by atoms with Crippen LogP contribution in [0.4, 0.5) is 0 Å². The van der Waals surface area contributed by atoms with Crippen LogP contribution < -0.4 is 5.32 Å². The standard InChI is InChI=1S/C15H20Cl2N2O2/c1-10(13-4-3-11(16)7-14(13)17)19(2)15(20)8-12-9-21-6-5-18-12/h3-4,7,10,12,18H,5-6,8-9H2,1-2H3. The number of benzene rings is 1. The summed E-state index contributed by atoms with van der Waals surface area (Å²) in [7, 11) is 1.79. The van der Waals surface area contributed by atoms with Crippen LogP contribution in [0.2, 0.25) is 10.0 Å². The molecule has 1 amide bonds. The zero-order chi connectivity index (χ0) is 15.4. The van der Waals surface area contributed by atoms with E-state index in [0.29, 0.717) is 29.7 Å². The van der Waals surface area contributed by atoms with Gasteiger partial charge in [-0.3, -0.25) is 4.79 Å². The van der Waals surface area contributed by atoms with Crippen LogP contribution in [-0.4, -0.2) is 43.7 Å². The van der Waals surface area contributed by atoms with E-state index in [1.807, 2.05) is 13.0 Å². The molecule has 1 aromatic rings. The highest BCUT2D eigenvalue weighted by Gasteiger charge is 2.23. The minimum atomic E-state index is -0.105. The van der Waals surface area contributed by atoms with Crippen molar-refractivity contribution in [3.8, 4) is 0 Å². The molecule has 1 fully saturated rings. The van der Waals surface area contributed by atoms with E-state index in [-0.39, 0.29) is 18.0 Å². The fraction of sp³-hybridized carbons (Fsp3) is 0.533. The molecule has 1 heterocycles. The molecule has 21 heavy (non-hydrogen) atoms. The van der Waals surface area contributed by atoms with Crippen molar-refractivity contribution in [1.29, 1.82) is 0 Å². The van der Waals surface area contributed by atoms with Crippen LogP contribution in [0.3, 0.4) is 0 Å². The average Bonchev–Trinajstić information content (AvgIpc) is 2.47. The third-order valence-corrected chi connectivity index (χ3v) is 4.37. The largest absolute Gasteiger partial charge is 0.378 e. The SMILES string of the molecule is CC(c1ccc(Cl)cc1Cl)N(C)C(=O)CC1COCCN1. The van der Waals surface area contributed by atoms with Gasteiger partial charge in [0.2, 0.25) is 5.91 Å². The quantitative estimate of drug-likeness (QED) is 0.922. The third kappa shape index (κ3) is 4.33. The van der Waals surface area contributed by atoms with Crippen molar-refractivity contribution < 1.29 is 9.53 Å². The predicted molar refractivity (Wildman–Crippen MR) is 84.9 cm³/mol. The Morgan fingerprint density at radius 3 is 2.90 bits per heavy atom. The highest BCUT2D eigenvalue weighted by Crippen LogP contribution is 2.29. The van der Waals surface area contributed by atoms with E-state index in [1.165, 1.54) is 0 Å². The number of amides is 1. The topological polar surface area (TPSA) is 41.6 Å². The van der Waals surface area contributed by atoms with Gasteiger partial charge in [0.1, 0.15) is 0 Å². The Kier molecular flexibility index (Phi) is 5.88. The van der Waals surface area contributed by atoms with Gasteiger partial charge in [-0.25, -0.2) is 0 Å². The van der Waals surface area contributed by atoms with Crippen molar-refractivity contribution in [2.45, 2.75) is 25.4 Å². The molecular formula is C15H20Cl2N2O2. The highest BCUT2D eigenvalue weighted by molar-refractivity contribution is 6.35. The number of morpholine rings is 1. The Morgan fingerprint density at radius 1 is 1.52 bits per heavy atom. The Hall–Kier alpha value is -0.810. The summed E-state index contributed by atoms with van der Waals surface area (Å²) in [6.45, 7) is 4.03. The maximum atomic E-state index is 12.4. The normalized spacial score (nSPS) is 20.1. The lowest BCUT2D eigenvalue weighted by Crippen LogP contribution is -2.44. The molecule has 2 rings (SSSR count). The molecule has 2 atom stereocenters. The number of halogens is 2. The Labute approximate surface area is 135 Å². The molecule has 1 N–H and O–H groups in total. The van der Waals surface area contributed by atoms with Crippen LogP contribution in [0.1, 0.15) is 24.9 Å². The van der Waals surface area contributed by atoms with Gasteiger partial charge in [-0.1, -0.05) is 29.3 Å². The van der Waals surface area contributed by atoms with Gasteiger partial charge in [-0.2, -0.15) is 0 Å². The first-order chi connectivity index (χ1) is 9.99. The van der Waals surface area contributed by atoms with E-state index >= 15 is 0 Å². The van der Waals surface area contributed by atoms with Crippen molar-refractivity contribution in [2.24, 2.45) is 0 Å². The summed E-state index contributed by atoms with van der Waals surface area (Å²) < 4.78 is 5.37. The number of carbonyl (C=O) groups is 1. The molecule has 0 aliphatic carbocycles. The average molecular weight is 331 g/mol. The van der Waals surface area contributed by atoms with Crippen LogP contribution in [0, 0.1) is 0 Å². The Balaban J connectivity index is 2.00.